The summed E-state index contributed by atoms with van der Waals surface area (Å²) in [5.41, 5.74) is 3.86. The van der Waals surface area contributed by atoms with Gasteiger partial charge in [-0.1, -0.05) is 54.6 Å². The summed E-state index contributed by atoms with van der Waals surface area (Å²) in [4.78, 5) is 15.0. The zero-order valence-corrected chi connectivity index (χ0v) is 20.2. The van der Waals surface area contributed by atoms with Gasteiger partial charge in [-0.05, 0) is 48.4 Å². The molecule has 0 aliphatic carbocycles. The van der Waals surface area contributed by atoms with Gasteiger partial charge in [0.15, 0.2) is 0 Å². The van der Waals surface area contributed by atoms with E-state index in [1.807, 2.05) is 80.5 Å². The Kier molecular flexibility index (Phi) is 6.68. The van der Waals surface area contributed by atoms with E-state index in [9.17, 15) is 13.2 Å². The van der Waals surface area contributed by atoms with Crippen molar-refractivity contribution in [1.82, 2.24) is 4.72 Å². The van der Waals surface area contributed by atoms with E-state index >= 15 is 0 Å². The molecule has 0 aromatic heterocycles. The Morgan fingerprint density at radius 2 is 1.56 bits per heavy atom. The van der Waals surface area contributed by atoms with Crippen molar-refractivity contribution in [2.75, 3.05) is 24.3 Å². The third-order valence-electron chi connectivity index (χ3n) is 5.70. The zero-order chi connectivity index (χ0) is 24.3. The number of carbonyl (C=O) groups is 1. The molecule has 34 heavy (non-hydrogen) atoms. The molecule has 0 atom stereocenters. The number of carbonyl (C=O) groups excluding carboxylic acids is 1. The third-order valence-corrected chi connectivity index (χ3v) is 7.16. The summed E-state index contributed by atoms with van der Waals surface area (Å²) in [6, 6.07) is 25.4. The van der Waals surface area contributed by atoms with E-state index in [1.165, 1.54) is 6.07 Å². The summed E-state index contributed by atoms with van der Waals surface area (Å²) < 4.78 is 29.2. The lowest BCUT2D eigenvalue weighted by molar-refractivity contribution is 0.102. The molecule has 0 bridgehead atoms. The number of hydrogen-bond acceptors (Lipinski definition) is 4. The maximum atomic E-state index is 13.2. The average molecular weight is 474 g/mol. The molecule has 0 saturated carbocycles. The number of rotatable bonds is 7. The highest BCUT2D eigenvalue weighted by molar-refractivity contribution is 7.89. The van der Waals surface area contributed by atoms with Gasteiger partial charge in [0.2, 0.25) is 10.0 Å². The molecule has 0 saturated heterocycles. The van der Waals surface area contributed by atoms with E-state index in [-0.39, 0.29) is 17.3 Å². The minimum Gasteiger partial charge on any atom is -0.378 e. The minimum atomic E-state index is -3.80. The van der Waals surface area contributed by atoms with Gasteiger partial charge < -0.3 is 10.2 Å². The van der Waals surface area contributed by atoms with Crippen LogP contribution in [0.4, 0.5) is 11.4 Å². The predicted molar refractivity (Wildman–Crippen MR) is 138 cm³/mol. The van der Waals surface area contributed by atoms with Crippen LogP contribution in [0.25, 0.3) is 10.8 Å². The molecular weight excluding hydrogens is 446 g/mol. The van der Waals surface area contributed by atoms with E-state index in [0.29, 0.717) is 22.0 Å². The van der Waals surface area contributed by atoms with Crippen molar-refractivity contribution in [3.8, 4) is 0 Å². The van der Waals surface area contributed by atoms with E-state index in [4.69, 9.17) is 0 Å². The van der Waals surface area contributed by atoms with Gasteiger partial charge in [0, 0.05) is 48.4 Å². The fourth-order valence-electron chi connectivity index (χ4n) is 3.83. The number of aryl methyl sites for hydroxylation is 1. The predicted octanol–water partition coefficient (Wildman–Crippen LogP) is 4.95. The first-order valence-corrected chi connectivity index (χ1v) is 12.4. The molecule has 0 aliphatic heterocycles. The van der Waals surface area contributed by atoms with Gasteiger partial charge in [-0.2, -0.15) is 0 Å². The number of sulfonamides is 1. The van der Waals surface area contributed by atoms with E-state index in [2.05, 4.69) is 10.0 Å². The first-order chi connectivity index (χ1) is 16.3. The van der Waals surface area contributed by atoms with Crippen LogP contribution in [0.3, 0.4) is 0 Å². The Morgan fingerprint density at radius 1 is 0.853 bits per heavy atom. The molecule has 7 heteroatoms. The van der Waals surface area contributed by atoms with Crippen molar-refractivity contribution in [1.29, 1.82) is 0 Å². The Morgan fingerprint density at radius 3 is 2.29 bits per heavy atom. The molecule has 0 aliphatic rings. The number of anilines is 2. The second-order valence-electron chi connectivity index (χ2n) is 8.31. The molecule has 4 aromatic carbocycles. The molecule has 0 spiro atoms. The smallest absolute Gasteiger partial charge is 0.255 e. The lowest BCUT2D eigenvalue weighted by Gasteiger charge is -2.15. The molecule has 0 unspecified atom stereocenters. The van der Waals surface area contributed by atoms with E-state index < -0.39 is 10.0 Å². The Balaban J connectivity index is 1.63. The second kappa shape index (κ2) is 9.67. The van der Waals surface area contributed by atoms with Crippen LogP contribution in [0.2, 0.25) is 0 Å². The van der Waals surface area contributed by atoms with Crippen molar-refractivity contribution in [2.45, 2.75) is 18.4 Å². The molecule has 6 nitrogen and oxygen atoms in total. The molecular formula is C27H27N3O3S. The first-order valence-electron chi connectivity index (χ1n) is 10.9. The van der Waals surface area contributed by atoms with Crippen molar-refractivity contribution in [3.05, 3.63) is 102 Å². The van der Waals surface area contributed by atoms with E-state index in [0.717, 1.165) is 16.8 Å². The highest BCUT2D eigenvalue weighted by Gasteiger charge is 2.20. The van der Waals surface area contributed by atoms with Crippen LogP contribution in [0.1, 0.15) is 21.5 Å². The van der Waals surface area contributed by atoms with Gasteiger partial charge in [0.25, 0.3) is 5.91 Å². The number of benzene rings is 4. The van der Waals surface area contributed by atoms with Crippen molar-refractivity contribution < 1.29 is 13.2 Å². The van der Waals surface area contributed by atoms with Crippen LogP contribution in [0, 0.1) is 6.92 Å². The summed E-state index contributed by atoms with van der Waals surface area (Å²) in [6.45, 7) is 2.05. The molecule has 0 heterocycles. The number of hydrogen-bond donors (Lipinski definition) is 2. The zero-order valence-electron chi connectivity index (χ0n) is 19.4. The summed E-state index contributed by atoms with van der Waals surface area (Å²) in [6.07, 6.45) is 0. The summed E-state index contributed by atoms with van der Waals surface area (Å²) in [7, 11) is 0.0801. The number of amides is 1. The average Bonchev–Trinajstić information content (AvgIpc) is 2.83. The second-order valence-corrected chi connectivity index (χ2v) is 10.1. The lowest BCUT2D eigenvalue weighted by Crippen LogP contribution is -2.24. The van der Waals surface area contributed by atoms with Crippen LogP contribution in [-0.4, -0.2) is 28.4 Å². The molecule has 4 rings (SSSR count). The molecule has 174 valence electrons. The normalized spacial score (nSPS) is 11.4. The minimum absolute atomic E-state index is 0.167. The number of nitrogens with one attached hydrogen (secondary N) is 2. The SMILES string of the molecule is Cc1ccccc1C(=O)Nc1ccc(S(=O)(=O)NCc2cccc(N(C)C)c2)c2ccccc12. The third kappa shape index (κ3) is 4.95. The summed E-state index contributed by atoms with van der Waals surface area (Å²) >= 11 is 0. The molecule has 2 N–H and O–H groups in total. The maximum Gasteiger partial charge on any atom is 0.255 e. The van der Waals surface area contributed by atoms with Gasteiger partial charge in [0.1, 0.15) is 0 Å². The topological polar surface area (TPSA) is 78.5 Å². The van der Waals surface area contributed by atoms with Crippen molar-refractivity contribution in [3.63, 3.8) is 0 Å². The quantitative estimate of drug-likeness (QED) is 0.398. The molecule has 0 radical (unpaired) electrons. The highest BCUT2D eigenvalue weighted by Crippen LogP contribution is 2.30. The summed E-state index contributed by atoms with van der Waals surface area (Å²) in [5, 5.41) is 4.13. The van der Waals surface area contributed by atoms with Crippen LogP contribution >= 0.6 is 0 Å². The molecule has 0 fully saturated rings. The maximum absolute atomic E-state index is 13.2. The Labute approximate surface area is 200 Å². The largest absolute Gasteiger partial charge is 0.378 e. The monoisotopic (exact) mass is 473 g/mol. The molecule has 4 aromatic rings. The van der Waals surface area contributed by atoms with Crippen LogP contribution < -0.4 is 14.9 Å². The van der Waals surface area contributed by atoms with Crippen molar-refractivity contribution in [2.24, 2.45) is 0 Å². The van der Waals surface area contributed by atoms with Gasteiger partial charge in [-0.15, -0.1) is 0 Å². The number of nitrogens with zero attached hydrogens (tertiary/aromatic N) is 1. The van der Waals surface area contributed by atoms with Gasteiger partial charge >= 0.3 is 0 Å². The van der Waals surface area contributed by atoms with Gasteiger partial charge in [-0.3, -0.25) is 4.79 Å². The lowest BCUT2D eigenvalue weighted by atomic mass is 10.1. The van der Waals surface area contributed by atoms with Gasteiger partial charge in [-0.25, -0.2) is 13.1 Å². The Bertz CT molecular complexity index is 1460. The van der Waals surface area contributed by atoms with Crippen LogP contribution in [0.15, 0.2) is 89.8 Å². The fourth-order valence-corrected chi connectivity index (χ4v) is 5.06. The van der Waals surface area contributed by atoms with Crippen LogP contribution in [-0.2, 0) is 16.6 Å². The van der Waals surface area contributed by atoms with Crippen molar-refractivity contribution >= 4 is 38.1 Å². The first kappa shape index (κ1) is 23.5. The Hall–Kier alpha value is -3.68. The fraction of sp³-hybridized carbons (Fsp3) is 0.148. The molecule has 1 amide bonds. The standard InChI is InChI=1S/C27H27N3O3S/c1-19-9-4-5-12-22(19)27(31)29-25-15-16-26(24-14-7-6-13-23(24)25)34(32,33)28-18-20-10-8-11-21(17-20)30(2)3/h4-17,28H,18H2,1-3H3,(H,29,31). The van der Waals surface area contributed by atoms with Crippen LogP contribution in [0.5, 0.6) is 0 Å². The number of fused-ring (bicyclic) bond motifs is 1. The van der Waals surface area contributed by atoms with Gasteiger partial charge in [0.05, 0.1) is 4.90 Å². The van der Waals surface area contributed by atoms with E-state index in [1.54, 1.807) is 24.3 Å². The summed E-state index contributed by atoms with van der Waals surface area (Å²) in [5.74, 6) is -0.238. The highest BCUT2D eigenvalue weighted by atomic mass is 32.2.